The third kappa shape index (κ3) is 4.63. The Morgan fingerprint density at radius 3 is 2.40 bits per heavy atom. The molecule has 0 amide bonds. The molecule has 2 N–H and O–H groups in total. The molecule has 0 aliphatic rings. The van der Waals surface area contributed by atoms with Gasteiger partial charge in [0.25, 0.3) is 0 Å². The molecule has 0 heterocycles. The Labute approximate surface area is 133 Å². The molecule has 1 aromatic carbocycles. The van der Waals surface area contributed by atoms with Gasteiger partial charge in [-0.15, -0.1) is 0 Å². The molecule has 0 bridgehead atoms. The van der Waals surface area contributed by atoms with Crippen molar-refractivity contribution < 1.29 is 0 Å². The van der Waals surface area contributed by atoms with E-state index in [4.69, 9.17) is 28.9 Å². The Morgan fingerprint density at radius 2 is 1.85 bits per heavy atom. The van der Waals surface area contributed by atoms with Gasteiger partial charge in [-0.25, -0.2) is 0 Å². The van der Waals surface area contributed by atoms with Gasteiger partial charge in [-0.3, -0.25) is 0 Å². The summed E-state index contributed by atoms with van der Waals surface area (Å²) in [5.41, 5.74) is 7.44. The third-order valence-electron chi connectivity index (χ3n) is 4.09. The summed E-state index contributed by atoms with van der Waals surface area (Å²) in [6.45, 7) is 9.94. The summed E-state index contributed by atoms with van der Waals surface area (Å²) >= 11 is 12.2. The summed E-state index contributed by atoms with van der Waals surface area (Å²) < 4.78 is 0. The van der Waals surface area contributed by atoms with Crippen LogP contribution in [0.2, 0.25) is 10.0 Å². The molecule has 114 valence electrons. The van der Waals surface area contributed by atoms with Gasteiger partial charge in [0.05, 0.1) is 10.0 Å². The predicted molar refractivity (Wildman–Crippen MR) is 89.6 cm³/mol. The van der Waals surface area contributed by atoms with Gasteiger partial charge in [-0.1, -0.05) is 56.1 Å². The average Bonchev–Trinajstić information content (AvgIpc) is 2.36. The van der Waals surface area contributed by atoms with E-state index >= 15 is 0 Å². The molecule has 0 aromatic heterocycles. The summed E-state index contributed by atoms with van der Waals surface area (Å²) in [5.74, 6) is 0. The van der Waals surface area contributed by atoms with Crippen molar-refractivity contribution >= 4 is 23.2 Å². The van der Waals surface area contributed by atoms with Crippen LogP contribution in [0.3, 0.4) is 0 Å². The number of nitrogens with zero attached hydrogens (tertiary/aromatic N) is 1. The fraction of sp³-hybridized carbons (Fsp3) is 0.625. The molecular weight excluding hydrogens is 291 g/mol. The fourth-order valence-electron chi connectivity index (χ4n) is 2.16. The van der Waals surface area contributed by atoms with Gasteiger partial charge in [0.15, 0.2) is 0 Å². The van der Waals surface area contributed by atoms with Crippen LogP contribution in [0.5, 0.6) is 0 Å². The Kier molecular flexibility index (Phi) is 6.33. The van der Waals surface area contributed by atoms with Crippen molar-refractivity contribution in [3.05, 3.63) is 33.8 Å². The fourth-order valence-corrected chi connectivity index (χ4v) is 2.61. The van der Waals surface area contributed by atoms with E-state index in [-0.39, 0.29) is 11.5 Å². The lowest BCUT2D eigenvalue weighted by atomic mass is 9.87. The van der Waals surface area contributed by atoms with Crippen LogP contribution >= 0.6 is 23.2 Å². The highest BCUT2D eigenvalue weighted by Crippen LogP contribution is 2.30. The average molecular weight is 317 g/mol. The zero-order chi connectivity index (χ0) is 15.5. The van der Waals surface area contributed by atoms with E-state index in [0.29, 0.717) is 16.1 Å². The number of rotatable bonds is 5. The monoisotopic (exact) mass is 316 g/mol. The first kappa shape index (κ1) is 17.8. The first-order valence-electron chi connectivity index (χ1n) is 7.04. The number of nitrogens with two attached hydrogens (primary N) is 1. The molecule has 1 rings (SSSR count). The Hall–Kier alpha value is -0.280. The zero-order valence-corrected chi connectivity index (χ0v) is 14.6. The van der Waals surface area contributed by atoms with Crippen molar-refractivity contribution in [1.29, 1.82) is 0 Å². The summed E-state index contributed by atoms with van der Waals surface area (Å²) in [7, 11) is 2.14. The second kappa shape index (κ2) is 7.13. The molecule has 2 nitrogen and oxygen atoms in total. The van der Waals surface area contributed by atoms with Gasteiger partial charge >= 0.3 is 0 Å². The largest absolute Gasteiger partial charge is 0.324 e. The van der Waals surface area contributed by atoms with Crippen molar-refractivity contribution in [1.82, 2.24) is 4.90 Å². The molecule has 1 aromatic rings. The van der Waals surface area contributed by atoms with Gasteiger partial charge in [0, 0.05) is 12.1 Å². The molecule has 2 atom stereocenters. The number of hydrogen-bond acceptors (Lipinski definition) is 2. The highest BCUT2D eigenvalue weighted by molar-refractivity contribution is 6.42. The molecule has 0 aliphatic heterocycles. The molecule has 0 saturated carbocycles. The molecule has 2 unspecified atom stereocenters. The van der Waals surface area contributed by atoms with Crippen molar-refractivity contribution in [2.24, 2.45) is 11.1 Å². The Balaban J connectivity index is 2.64. The zero-order valence-electron chi connectivity index (χ0n) is 13.1. The predicted octanol–water partition coefficient (Wildman–Crippen LogP) is 4.75. The van der Waals surface area contributed by atoms with Gasteiger partial charge in [-0.2, -0.15) is 0 Å². The van der Waals surface area contributed by atoms with E-state index in [1.165, 1.54) is 0 Å². The molecule has 20 heavy (non-hydrogen) atoms. The van der Waals surface area contributed by atoms with E-state index < -0.39 is 0 Å². The summed E-state index contributed by atoms with van der Waals surface area (Å²) in [5, 5.41) is 1.14. The van der Waals surface area contributed by atoms with Crippen LogP contribution in [0.1, 0.15) is 45.7 Å². The van der Waals surface area contributed by atoms with Gasteiger partial charge in [-0.05, 0) is 44.0 Å². The molecule has 0 radical (unpaired) electrons. The van der Waals surface area contributed by atoms with Crippen molar-refractivity contribution in [2.75, 3.05) is 13.6 Å². The van der Waals surface area contributed by atoms with E-state index in [1.807, 2.05) is 12.1 Å². The summed E-state index contributed by atoms with van der Waals surface area (Å²) in [4.78, 5) is 2.35. The maximum atomic E-state index is 6.25. The van der Waals surface area contributed by atoms with Crippen LogP contribution in [-0.2, 0) is 0 Å². The quantitative estimate of drug-likeness (QED) is 0.849. The van der Waals surface area contributed by atoms with Crippen LogP contribution in [0, 0.1) is 5.41 Å². The van der Waals surface area contributed by atoms with E-state index in [2.05, 4.69) is 39.6 Å². The van der Waals surface area contributed by atoms with E-state index in [0.717, 1.165) is 18.5 Å². The minimum absolute atomic E-state index is 0.0872. The van der Waals surface area contributed by atoms with Crippen LogP contribution in [0.15, 0.2) is 18.2 Å². The maximum absolute atomic E-state index is 6.25. The highest BCUT2D eigenvalue weighted by Gasteiger charge is 2.24. The highest BCUT2D eigenvalue weighted by atomic mass is 35.5. The molecule has 0 aliphatic carbocycles. The number of halogens is 2. The molecule has 0 spiro atoms. The topological polar surface area (TPSA) is 29.3 Å². The number of hydrogen-bond donors (Lipinski definition) is 1. The molecular formula is C16H26Cl2N2. The van der Waals surface area contributed by atoms with Crippen LogP contribution in [0.4, 0.5) is 0 Å². The maximum Gasteiger partial charge on any atom is 0.0640 e. The Morgan fingerprint density at radius 1 is 1.25 bits per heavy atom. The lowest BCUT2D eigenvalue weighted by Crippen LogP contribution is -2.40. The minimum atomic E-state index is -0.0872. The van der Waals surface area contributed by atoms with Crippen molar-refractivity contribution in [3.8, 4) is 0 Å². The molecule has 4 heteroatoms. The van der Waals surface area contributed by atoms with Crippen molar-refractivity contribution in [2.45, 2.75) is 46.2 Å². The van der Waals surface area contributed by atoms with Gasteiger partial charge < -0.3 is 10.6 Å². The summed E-state index contributed by atoms with van der Waals surface area (Å²) in [6.07, 6.45) is 0.858. The van der Waals surface area contributed by atoms with Gasteiger partial charge in [0.1, 0.15) is 0 Å². The SMILES string of the molecule is CC(N(C)CCC(N)c1cccc(Cl)c1Cl)C(C)(C)C. The molecule has 0 saturated heterocycles. The van der Waals surface area contributed by atoms with Crippen LogP contribution < -0.4 is 5.73 Å². The smallest absolute Gasteiger partial charge is 0.0640 e. The summed E-state index contributed by atoms with van der Waals surface area (Å²) in [6, 6.07) is 6.03. The second-order valence-electron chi connectivity index (χ2n) is 6.56. The van der Waals surface area contributed by atoms with E-state index in [1.54, 1.807) is 6.07 Å². The minimum Gasteiger partial charge on any atom is -0.324 e. The first-order chi connectivity index (χ1) is 9.14. The Bertz CT molecular complexity index is 441. The molecule has 0 fully saturated rings. The first-order valence-corrected chi connectivity index (χ1v) is 7.80. The lowest BCUT2D eigenvalue weighted by Gasteiger charge is -2.35. The second-order valence-corrected chi connectivity index (χ2v) is 7.35. The van der Waals surface area contributed by atoms with Gasteiger partial charge in [0.2, 0.25) is 0 Å². The normalized spacial score (nSPS) is 15.4. The van der Waals surface area contributed by atoms with Crippen LogP contribution in [-0.4, -0.2) is 24.5 Å². The lowest BCUT2D eigenvalue weighted by molar-refractivity contribution is 0.137. The number of benzene rings is 1. The van der Waals surface area contributed by atoms with Crippen LogP contribution in [0.25, 0.3) is 0 Å². The van der Waals surface area contributed by atoms with Crippen molar-refractivity contribution in [3.63, 3.8) is 0 Å². The van der Waals surface area contributed by atoms with E-state index in [9.17, 15) is 0 Å². The third-order valence-corrected chi connectivity index (χ3v) is 4.92. The standard InChI is InChI=1S/C16H26Cl2N2/c1-11(16(2,3)4)20(5)10-9-14(19)12-7-6-8-13(17)15(12)18/h6-8,11,14H,9-10,19H2,1-5H3.